The first-order valence-corrected chi connectivity index (χ1v) is 6.65. The lowest BCUT2D eigenvalue weighted by Crippen LogP contribution is -2.33. The SMILES string of the molecule is C[C@@H](NC1CCCCC1)c1ccccc1Cl. The van der Waals surface area contributed by atoms with Crippen LogP contribution in [0.4, 0.5) is 0 Å². The van der Waals surface area contributed by atoms with Crippen molar-refractivity contribution >= 4 is 11.6 Å². The smallest absolute Gasteiger partial charge is 0.0453 e. The molecule has 0 radical (unpaired) electrons. The summed E-state index contributed by atoms with van der Waals surface area (Å²) in [6, 6.07) is 9.16. The van der Waals surface area contributed by atoms with Crippen molar-refractivity contribution in [3.63, 3.8) is 0 Å². The first kappa shape index (κ1) is 11.9. The van der Waals surface area contributed by atoms with Gasteiger partial charge in [-0.2, -0.15) is 0 Å². The molecule has 0 saturated heterocycles. The zero-order valence-electron chi connectivity index (χ0n) is 9.88. The summed E-state index contributed by atoms with van der Waals surface area (Å²) in [5, 5.41) is 4.56. The molecule has 1 atom stereocenters. The highest BCUT2D eigenvalue weighted by molar-refractivity contribution is 6.31. The van der Waals surface area contributed by atoms with Crippen LogP contribution in [0.1, 0.15) is 50.6 Å². The topological polar surface area (TPSA) is 12.0 Å². The van der Waals surface area contributed by atoms with E-state index in [9.17, 15) is 0 Å². The summed E-state index contributed by atoms with van der Waals surface area (Å²) in [5.41, 5.74) is 1.22. The van der Waals surface area contributed by atoms with E-state index in [4.69, 9.17) is 11.6 Å². The number of nitrogens with one attached hydrogen (secondary N) is 1. The predicted octanol–water partition coefficient (Wildman–Crippen LogP) is 4.32. The normalized spacial score (nSPS) is 19.6. The van der Waals surface area contributed by atoms with Crippen LogP contribution in [0.25, 0.3) is 0 Å². The fourth-order valence-corrected chi connectivity index (χ4v) is 2.84. The van der Waals surface area contributed by atoms with Gasteiger partial charge in [-0.1, -0.05) is 49.1 Å². The zero-order valence-corrected chi connectivity index (χ0v) is 10.6. The molecule has 1 aromatic carbocycles. The first-order chi connectivity index (χ1) is 7.77. The van der Waals surface area contributed by atoms with Gasteiger partial charge < -0.3 is 5.32 Å². The van der Waals surface area contributed by atoms with Crippen LogP contribution in [0.2, 0.25) is 5.02 Å². The fourth-order valence-electron chi connectivity index (χ4n) is 2.54. The van der Waals surface area contributed by atoms with Crippen molar-refractivity contribution in [3.8, 4) is 0 Å². The molecule has 1 N–H and O–H groups in total. The standard InChI is InChI=1S/C14H20ClN/c1-11(13-9-5-6-10-14(13)15)16-12-7-3-2-4-8-12/h5-6,9-12,16H,2-4,7-8H2,1H3/t11-/m1/s1. The quantitative estimate of drug-likeness (QED) is 0.826. The molecule has 16 heavy (non-hydrogen) atoms. The Morgan fingerprint density at radius 2 is 1.88 bits per heavy atom. The van der Waals surface area contributed by atoms with Gasteiger partial charge in [-0.15, -0.1) is 0 Å². The second kappa shape index (κ2) is 5.70. The van der Waals surface area contributed by atoms with E-state index >= 15 is 0 Å². The zero-order chi connectivity index (χ0) is 11.4. The molecule has 0 amide bonds. The molecule has 1 aliphatic carbocycles. The minimum absolute atomic E-state index is 0.358. The Morgan fingerprint density at radius 3 is 2.56 bits per heavy atom. The Kier molecular flexibility index (Phi) is 4.25. The summed E-state index contributed by atoms with van der Waals surface area (Å²) in [7, 11) is 0. The van der Waals surface area contributed by atoms with E-state index in [2.05, 4.69) is 24.4 Å². The average molecular weight is 238 g/mol. The second-order valence-electron chi connectivity index (χ2n) is 4.74. The number of rotatable bonds is 3. The largest absolute Gasteiger partial charge is 0.307 e. The van der Waals surface area contributed by atoms with E-state index in [1.807, 2.05) is 12.1 Å². The van der Waals surface area contributed by atoms with E-state index in [0.29, 0.717) is 12.1 Å². The van der Waals surface area contributed by atoms with Crippen molar-refractivity contribution in [1.29, 1.82) is 0 Å². The molecule has 2 rings (SSSR count). The Morgan fingerprint density at radius 1 is 1.19 bits per heavy atom. The maximum absolute atomic E-state index is 6.20. The van der Waals surface area contributed by atoms with Crippen molar-refractivity contribution in [2.75, 3.05) is 0 Å². The number of hydrogen-bond donors (Lipinski definition) is 1. The van der Waals surface area contributed by atoms with Gasteiger partial charge >= 0.3 is 0 Å². The highest BCUT2D eigenvalue weighted by Gasteiger charge is 2.17. The van der Waals surface area contributed by atoms with Crippen LogP contribution >= 0.6 is 11.6 Å². The minimum Gasteiger partial charge on any atom is -0.307 e. The van der Waals surface area contributed by atoms with Crippen LogP contribution < -0.4 is 5.32 Å². The Bertz CT molecular complexity index is 331. The number of halogens is 1. The maximum atomic E-state index is 6.20. The van der Waals surface area contributed by atoms with Crippen LogP contribution in [-0.2, 0) is 0 Å². The molecule has 1 aromatic rings. The molecule has 1 aliphatic rings. The van der Waals surface area contributed by atoms with Gasteiger partial charge in [0.25, 0.3) is 0 Å². The highest BCUT2D eigenvalue weighted by Crippen LogP contribution is 2.25. The van der Waals surface area contributed by atoms with Crippen molar-refractivity contribution < 1.29 is 0 Å². The molecule has 1 saturated carbocycles. The molecular weight excluding hydrogens is 218 g/mol. The molecule has 0 bridgehead atoms. The molecule has 1 fully saturated rings. The average Bonchev–Trinajstić information content (AvgIpc) is 2.31. The van der Waals surface area contributed by atoms with E-state index in [1.165, 1.54) is 37.7 Å². The molecule has 0 spiro atoms. The monoisotopic (exact) mass is 237 g/mol. The molecular formula is C14H20ClN. The molecule has 88 valence electrons. The van der Waals surface area contributed by atoms with Gasteiger partial charge in [0.05, 0.1) is 0 Å². The summed E-state index contributed by atoms with van der Waals surface area (Å²) in [6.45, 7) is 2.20. The number of hydrogen-bond acceptors (Lipinski definition) is 1. The van der Waals surface area contributed by atoms with Crippen molar-refractivity contribution in [2.45, 2.75) is 51.1 Å². The Labute approximate surface area is 103 Å². The predicted molar refractivity (Wildman–Crippen MR) is 69.9 cm³/mol. The molecule has 2 heteroatoms. The maximum Gasteiger partial charge on any atom is 0.0453 e. The second-order valence-corrected chi connectivity index (χ2v) is 5.15. The minimum atomic E-state index is 0.358. The van der Waals surface area contributed by atoms with Gasteiger partial charge in [0.1, 0.15) is 0 Å². The third-order valence-corrected chi connectivity index (χ3v) is 3.81. The van der Waals surface area contributed by atoms with Gasteiger partial charge in [-0.3, -0.25) is 0 Å². The van der Waals surface area contributed by atoms with Crippen molar-refractivity contribution in [3.05, 3.63) is 34.9 Å². The molecule has 0 unspecified atom stereocenters. The van der Waals surface area contributed by atoms with Gasteiger partial charge in [0, 0.05) is 17.1 Å². The molecule has 0 heterocycles. The molecule has 0 aromatic heterocycles. The third kappa shape index (κ3) is 2.99. The van der Waals surface area contributed by atoms with Crippen molar-refractivity contribution in [2.24, 2.45) is 0 Å². The fraction of sp³-hybridized carbons (Fsp3) is 0.571. The lowest BCUT2D eigenvalue weighted by Gasteiger charge is -2.27. The first-order valence-electron chi connectivity index (χ1n) is 6.28. The third-order valence-electron chi connectivity index (χ3n) is 3.46. The van der Waals surface area contributed by atoms with Crippen LogP contribution in [0, 0.1) is 0 Å². The summed E-state index contributed by atoms with van der Waals surface area (Å²) < 4.78 is 0. The lowest BCUT2D eigenvalue weighted by molar-refractivity contribution is 0.347. The highest BCUT2D eigenvalue weighted by atomic mass is 35.5. The molecule has 1 nitrogen and oxygen atoms in total. The Hall–Kier alpha value is -0.530. The van der Waals surface area contributed by atoms with Crippen LogP contribution in [-0.4, -0.2) is 6.04 Å². The van der Waals surface area contributed by atoms with Crippen LogP contribution in [0.5, 0.6) is 0 Å². The molecule has 0 aliphatic heterocycles. The van der Waals surface area contributed by atoms with Gasteiger partial charge in [-0.25, -0.2) is 0 Å². The number of benzene rings is 1. The van der Waals surface area contributed by atoms with Crippen LogP contribution in [0.3, 0.4) is 0 Å². The van der Waals surface area contributed by atoms with Crippen LogP contribution in [0.15, 0.2) is 24.3 Å². The van der Waals surface area contributed by atoms with E-state index in [-0.39, 0.29) is 0 Å². The summed E-state index contributed by atoms with van der Waals surface area (Å²) >= 11 is 6.20. The Balaban J connectivity index is 1.96. The van der Waals surface area contributed by atoms with Gasteiger partial charge in [-0.05, 0) is 31.4 Å². The van der Waals surface area contributed by atoms with E-state index in [1.54, 1.807) is 0 Å². The summed E-state index contributed by atoms with van der Waals surface area (Å²) in [5.74, 6) is 0. The van der Waals surface area contributed by atoms with E-state index in [0.717, 1.165) is 5.02 Å². The summed E-state index contributed by atoms with van der Waals surface area (Å²) in [6.07, 6.45) is 6.77. The van der Waals surface area contributed by atoms with Crippen molar-refractivity contribution in [1.82, 2.24) is 5.32 Å². The van der Waals surface area contributed by atoms with Gasteiger partial charge in [0.15, 0.2) is 0 Å². The van der Waals surface area contributed by atoms with Gasteiger partial charge in [0.2, 0.25) is 0 Å². The summed E-state index contributed by atoms with van der Waals surface area (Å²) in [4.78, 5) is 0. The lowest BCUT2D eigenvalue weighted by atomic mass is 9.94. The van der Waals surface area contributed by atoms with E-state index < -0.39 is 0 Å².